The van der Waals surface area contributed by atoms with Crippen LogP contribution in [0.5, 0.6) is 5.95 Å². The first-order valence-corrected chi connectivity index (χ1v) is 10.2. The number of hydrogen-bond acceptors (Lipinski definition) is 8. The topological polar surface area (TPSA) is 108 Å². The first kappa shape index (κ1) is 19.7. The van der Waals surface area contributed by atoms with Crippen molar-refractivity contribution in [2.24, 2.45) is 13.0 Å². The molecule has 1 amide bonds. The number of nitrogens with one attached hydrogen (secondary N) is 1. The summed E-state index contributed by atoms with van der Waals surface area (Å²) in [7, 11) is 2.91. The van der Waals surface area contributed by atoms with Crippen LogP contribution in [0.4, 0.5) is 5.00 Å². The zero-order valence-electron chi connectivity index (χ0n) is 15.5. The van der Waals surface area contributed by atoms with Crippen molar-refractivity contribution in [1.29, 1.82) is 0 Å². The van der Waals surface area contributed by atoms with Crippen LogP contribution < -0.4 is 15.1 Å². The predicted molar refractivity (Wildman–Crippen MR) is 97.9 cm³/mol. The molecule has 2 aromatic rings. The Balaban J connectivity index is 1.82. The number of thiophene rings is 1. The van der Waals surface area contributed by atoms with Crippen LogP contribution in [0.15, 0.2) is 9.55 Å². The minimum atomic E-state index is -0.585. The fraction of sp³-hybridized carbons (Fsp3) is 0.529. The molecule has 0 bridgehead atoms. The molecule has 1 N–H and O–H groups in total. The summed E-state index contributed by atoms with van der Waals surface area (Å²) < 4.78 is 10.8. The third-order valence-electron chi connectivity index (χ3n) is 4.51. The van der Waals surface area contributed by atoms with Gasteiger partial charge in [-0.25, -0.2) is 4.79 Å². The van der Waals surface area contributed by atoms with Crippen LogP contribution in [-0.2, 0) is 29.4 Å². The number of rotatable bonds is 5. The number of nitrogens with zero attached hydrogens (tertiary/aromatic N) is 2. The minimum Gasteiger partial charge on any atom is -0.538 e. The van der Waals surface area contributed by atoms with E-state index in [0.717, 1.165) is 41.5 Å². The van der Waals surface area contributed by atoms with Gasteiger partial charge in [0.15, 0.2) is 13.0 Å². The van der Waals surface area contributed by atoms with Crippen molar-refractivity contribution in [3.8, 4) is 5.95 Å². The van der Waals surface area contributed by atoms with E-state index < -0.39 is 17.2 Å². The summed E-state index contributed by atoms with van der Waals surface area (Å²) >= 11 is 2.49. The normalized spacial score (nSPS) is 17.3. The minimum absolute atomic E-state index is 0.241. The SMILES string of the molecule is COC(=O)c1c(NC(=O)C(C)Sc2c([O-])on[n+]2C)sc2c1CCC(C)C2. The lowest BCUT2D eigenvalue weighted by Crippen LogP contribution is -2.33. The van der Waals surface area contributed by atoms with Crippen molar-refractivity contribution in [1.82, 2.24) is 5.27 Å². The fourth-order valence-corrected chi connectivity index (χ4v) is 5.24. The Labute approximate surface area is 164 Å². The zero-order chi connectivity index (χ0) is 19.7. The summed E-state index contributed by atoms with van der Waals surface area (Å²) in [4.78, 5) is 26.1. The molecule has 8 nitrogen and oxygen atoms in total. The van der Waals surface area contributed by atoms with E-state index >= 15 is 0 Å². The van der Waals surface area contributed by atoms with Gasteiger partial charge in [0, 0.05) is 4.88 Å². The quantitative estimate of drug-likeness (QED) is 0.453. The summed E-state index contributed by atoms with van der Waals surface area (Å²) in [5.41, 5.74) is 1.43. The number of aromatic nitrogens is 2. The van der Waals surface area contributed by atoms with Crippen LogP contribution in [0, 0.1) is 5.92 Å². The molecule has 2 atom stereocenters. The first-order valence-electron chi connectivity index (χ1n) is 8.55. The van der Waals surface area contributed by atoms with Gasteiger partial charge in [-0.15, -0.1) is 11.3 Å². The zero-order valence-corrected chi connectivity index (χ0v) is 17.2. The number of anilines is 1. The Hall–Kier alpha value is -2.07. The van der Waals surface area contributed by atoms with E-state index in [0.29, 0.717) is 16.5 Å². The molecule has 3 rings (SSSR count). The van der Waals surface area contributed by atoms with Crippen molar-refractivity contribution in [3.63, 3.8) is 0 Å². The van der Waals surface area contributed by atoms with E-state index in [4.69, 9.17) is 4.74 Å². The van der Waals surface area contributed by atoms with Gasteiger partial charge in [0.1, 0.15) is 5.00 Å². The summed E-state index contributed by atoms with van der Waals surface area (Å²) in [5, 5.41) is 18.2. The number of methoxy groups -OCH3 is 1. The van der Waals surface area contributed by atoms with Crippen LogP contribution >= 0.6 is 23.1 Å². The average Bonchev–Trinajstić information content (AvgIpc) is 3.14. The van der Waals surface area contributed by atoms with Crippen LogP contribution in [-0.4, -0.2) is 29.5 Å². The molecular formula is C17H21N3O5S2. The van der Waals surface area contributed by atoms with E-state index in [9.17, 15) is 14.7 Å². The average molecular weight is 412 g/mol. The maximum atomic E-state index is 12.7. The molecule has 0 aromatic carbocycles. The molecule has 146 valence electrons. The summed E-state index contributed by atoms with van der Waals surface area (Å²) in [6.45, 7) is 3.86. The maximum absolute atomic E-state index is 12.7. The Morgan fingerprint density at radius 1 is 1.52 bits per heavy atom. The maximum Gasteiger partial charge on any atom is 0.341 e. The molecule has 27 heavy (non-hydrogen) atoms. The lowest BCUT2D eigenvalue weighted by atomic mass is 9.88. The molecule has 0 aliphatic heterocycles. The summed E-state index contributed by atoms with van der Waals surface area (Å²) in [5.74, 6) is -0.788. The van der Waals surface area contributed by atoms with Gasteiger partial charge in [0.25, 0.3) is 5.03 Å². The van der Waals surface area contributed by atoms with Crippen molar-refractivity contribution < 1.29 is 28.6 Å². The molecule has 0 radical (unpaired) electrons. The second kappa shape index (κ2) is 7.89. The van der Waals surface area contributed by atoms with Gasteiger partial charge in [-0.05, 0) is 49.4 Å². The molecule has 10 heteroatoms. The molecule has 0 spiro atoms. The molecule has 1 aliphatic carbocycles. The highest BCUT2D eigenvalue weighted by Crippen LogP contribution is 2.40. The largest absolute Gasteiger partial charge is 0.538 e. The van der Waals surface area contributed by atoms with Gasteiger partial charge in [-0.1, -0.05) is 11.6 Å². The second-order valence-electron chi connectivity index (χ2n) is 6.59. The Kier molecular flexibility index (Phi) is 5.75. The van der Waals surface area contributed by atoms with Gasteiger partial charge in [0.2, 0.25) is 5.91 Å². The van der Waals surface area contributed by atoms with E-state index in [1.807, 2.05) is 0 Å². The molecule has 1 aliphatic rings. The van der Waals surface area contributed by atoms with Crippen molar-refractivity contribution >= 4 is 40.0 Å². The Morgan fingerprint density at radius 3 is 2.89 bits per heavy atom. The van der Waals surface area contributed by atoms with Crippen molar-refractivity contribution in [2.75, 3.05) is 12.4 Å². The van der Waals surface area contributed by atoms with Gasteiger partial charge < -0.3 is 19.7 Å². The van der Waals surface area contributed by atoms with Crippen molar-refractivity contribution in [2.45, 2.75) is 43.4 Å². The number of aryl methyl sites for hydroxylation is 1. The van der Waals surface area contributed by atoms with Crippen molar-refractivity contribution in [3.05, 3.63) is 16.0 Å². The molecule has 0 saturated heterocycles. The highest BCUT2D eigenvalue weighted by atomic mass is 32.2. The van der Waals surface area contributed by atoms with Crippen LogP contribution in [0.1, 0.15) is 41.1 Å². The number of ether oxygens (including phenoxy) is 1. The molecule has 2 heterocycles. The third kappa shape index (κ3) is 3.96. The lowest BCUT2D eigenvalue weighted by Gasteiger charge is -2.18. The van der Waals surface area contributed by atoms with Gasteiger partial charge >= 0.3 is 5.97 Å². The molecule has 0 fully saturated rings. The molecular weight excluding hydrogens is 390 g/mol. The molecule has 2 aromatic heterocycles. The smallest absolute Gasteiger partial charge is 0.341 e. The first-order chi connectivity index (χ1) is 12.8. The summed E-state index contributed by atoms with van der Waals surface area (Å²) in [6.07, 6.45) is 2.69. The number of carbonyl (C=O) groups is 2. The molecule has 0 saturated carbocycles. The number of esters is 1. The van der Waals surface area contributed by atoms with E-state index in [1.165, 1.54) is 23.1 Å². The highest BCUT2D eigenvalue weighted by Gasteiger charge is 2.30. The lowest BCUT2D eigenvalue weighted by molar-refractivity contribution is -0.772. The fourth-order valence-electron chi connectivity index (χ4n) is 3.02. The van der Waals surface area contributed by atoms with Crippen LogP contribution in [0.2, 0.25) is 0 Å². The number of fused-ring (bicyclic) bond motifs is 1. The highest BCUT2D eigenvalue weighted by molar-refractivity contribution is 8.00. The monoisotopic (exact) mass is 411 g/mol. The van der Waals surface area contributed by atoms with Gasteiger partial charge in [-0.2, -0.15) is 0 Å². The van der Waals surface area contributed by atoms with Crippen LogP contribution in [0.25, 0.3) is 0 Å². The number of hydrogen-bond donors (Lipinski definition) is 1. The third-order valence-corrected chi connectivity index (χ3v) is 6.90. The predicted octanol–water partition coefficient (Wildman–Crippen LogP) is 1.66. The Bertz CT molecular complexity index is 857. The number of thioether (sulfide) groups is 1. The Morgan fingerprint density at radius 2 is 2.26 bits per heavy atom. The van der Waals surface area contributed by atoms with Gasteiger partial charge in [-0.3, -0.25) is 4.79 Å². The van der Waals surface area contributed by atoms with Crippen LogP contribution in [0.3, 0.4) is 0 Å². The number of amides is 1. The van der Waals surface area contributed by atoms with E-state index in [2.05, 4.69) is 22.0 Å². The number of carbonyl (C=O) groups excluding carboxylic acids is 2. The standard InChI is InChI=1S/C17H21N3O5S2/c1-8-5-6-10-11(7-8)27-14(12(10)16(22)24-4)18-13(21)9(2)26-15-17(23)25-19-20(15)3/h8-9H,5-7H2,1-4H3,(H-,18,19,21,22,23). The van der Waals surface area contributed by atoms with Gasteiger partial charge in [0.05, 0.1) is 23.2 Å². The van der Waals surface area contributed by atoms with E-state index in [1.54, 1.807) is 14.0 Å². The molecule has 2 unspecified atom stereocenters. The summed E-state index contributed by atoms with van der Waals surface area (Å²) in [6, 6.07) is 0. The second-order valence-corrected chi connectivity index (χ2v) is 9.02. The van der Waals surface area contributed by atoms with E-state index in [-0.39, 0.29) is 10.9 Å².